The Morgan fingerprint density at radius 2 is 1.80 bits per heavy atom. The van der Waals surface area contributed by atoms with Crippen LogP contribution in [0.1, 0.15) is 78.1 Å². The van der Waals surface area contributed by atoms with E-state index in [0.717, 1.165) is 42.1 Å². The summed E-state index contributed by atoms with van der Waals surface area (Å²) in [4.78, 5) is 12.3. The lowest BCUT2D eigenvalue weighted by Gasteiger charge is -2.57. The maximum atomic E-state index is 12.3. The molecule has 4 aliphatic carbocycles. The summed E-state index contributed by atoms with van der Waals surface area (Å²) in [7, 11) is 1.86. The highest BCUT2D eigenvalue weighted by atomic mass is 16.5. The van der Waals surface area contributed by atoms with Crippen LogP contribution in [0.3, 0.4) is 0 Å². The van der Waals surface area contributed by atoms with Crippen molar-refractivity contribution in [3.63, 3.8) is 0 Å². The van der Waals surface area contributed by atoms with E-state index in [1.807, 2.05) is 14.0 Å². The molecule has 0 saturated heterocycles. The van der Waals surface area contributed by atoms with Crippen molar-refractivity contribution in [3.8, 4) is 0 Å². The summed E-state index contributed by atoms with van der Waals surface area (Å²) in [5, 5.41) is 0. The minimum absolute atomic E-state index is 0.368. The molecular weight excluding hydrogens is 308 g/mol. The molecule has 2 heteroatoms. The first-order chi connectivity index (χ1) is 12.1. The normalized spacial score (nSPS) is 49.2. The topological polar surface area (TPSA) is 26.3 Å². The van der Waals surface area contributed by atoms with Crippen LogP contribution in [-0.2, 0) is 9.53 Å². The molecule has 0 aliphatic heterocycles. The molecule has 4 fully saturated rings. The third-order valence-electron chi connectivity index (χ3n) is 9.33. The molecule has 0 spiro atoms. The Kier molecular flexibility index (Phi) is 5.03. The molecule has 0 bridgehead atoms. The zero-order valence-electron chi connectivity index (χ0n) is 16.6. The average Bonchev–Trinajstić information content (AvgIpc) is 3.02. The third-order valence-corrected chi connectivity index (χ3v) is 9.33. The molecule has 2 nitrogen and oxygen atoms in total. The van der Waals surface area contributed by atoms with E-state index in [2.05, 4.69) is 6.92 Å². The fraction of sp³-hybridized carbons (Fsp3) is 0.957. The first-order valence-corrected chi connectivity index (χ1v) is 11.1. The van der Waals surface area contributed by atoms with Crippen LogP contribution in [0.15, 0.2) is 0 Å². The van der Waals surface area contributed by atoms with Crippen molar-refractivity contribution >= 4 is 5.78 Å². The monoisotopic (exact) mass is 346 g/mol. The van der Waals surface area contributed by atoms with Gasteiger partial charge in [-0.25, -0.2) is 0 Å². The molecule has 25 heavy (non-hydrogen) atoms. The number of hydrogen-bond acceptors (Lipinski definition) is 2. The first kappa shape index (κ1) is 18.0. The number of ketones is 1. The summed E-state index contributed by atoms with van der Waals surface area (Å²) in [6.07, 6.45) is 13.6. The Morgan fingerprint density at radius 3 is 2.52 bits per heavy atom. The molecular formula is C23H38O2. The van der Waals surface area contributed by atoms with Crippen LogP contribution in [0.4, 0.5) is 0 Å². The minimum atomic E-state index is 0.368. The number of ether oxygens (including phenoxy) is 1. The maximum absolute atomic E-state index is 12.3. The summed E-state index contributed by atoms with van der Waals surface area (Å²) in [5.41, 5.74) is 0.368. The molecule has 142 valence electrons. The standard InChI is InChI=1S/C23H38O2/c1-4-23-12-11-19-18-7-5-16(14-25-3)13-17(18)6-8-20(19)22(23)10-9-21(23)15(2)24/h16-22H,4-14H2,1-3H3. The average molecular weight is 347 g/mol. The lowest BCUT2D eigenvalue weighted by atomic mass is 9.48. The lowest BCUT2D eigenvalue weighted by Crippen LogP contribution is -2.50. The van der Waals surface area contributed by atoms with Gasteiger partial charge in [0.05, 0.1) is 0 Å². The summed E-state index contributed by atoms with van der Waals surface area (Å²) in [6, 6.07) is 0. The van der Waals surface area contributed by atoms with E-state index in [-0.39, 0.29) is 0 Å². The summed E-state index contributed by atoms with van der Waals surface area (Å²) >= 11 is 0. The van der Waals surface area contributed by atoms with E-state index in [4.69, 9.17) is 4.74 Å². The number of Topliss-reactive ketones (excluding diaryl/α,β-unsaturated/α-hetero) is 1. The number of rotatable bonds is 4. The van der Waals surface area contributed by atoms with Crippen LogP contribution in [0.25, 0.3) is 0 Å². The Labute approximate surface area is 154 Å². The molecule has 0 aromatic heterocycles. The quantitative estimate of drug-likeness (QED) is 0.672. The highest BCUT2D eigenvalue weighted by molar-refractivity contribution is 5.79. The zero-order valence-corrected chi connectivity index (χ0v) is 16.6. The lowest BCUT2D eigenvalue weighted by molar-refractivity contribution is -0.130. The number of hydrogen-bond donors (Lipinski definition) is 0. The molecule has 4 rings (SSSR count). The minimum Gasteiger partial charge on any atom is -0.384 e. The summed E-state index contributed by atoms with van der Waals surface area (Å²) in [5.74, 6) is 6.37. The summed E-state index contributed by atoms with van der Waals surface area (Å²) < 4.78 is 5.45. The van der Waals surface area contributed by atoms with Gasteiger partial charge in [0.1, 0.15) is 5.78 Å². The van der Waals surface area contributed by atoms with Crippen LogP contribution in [0.2, 0.25) is 0 Å². The van der Waals surface area contributed by atoms with E-state index in [1.54, 1.807) is 0 Å². The highest BCUT2D eigenvalue weighted by Gasteiger charge is 2.59. The van der Waals surface area contributed by atoms with Gasteiger partial charge < -0.3 is 4.74 Å². The van der Waals surface area contributed by atoms with Gasteiger partial charge in [0, 0.05) is 19.6 Å². The maximum Gasteiger partial charge on any atom is 0.133 e. The smallest absolute Gasteiger partial charge is 0.133 e. The van der Waals surface area contributed by atoms with Crippen LogP contribution >= 0.6 is 0 Å². The van der Waals surface area contributed by atoms with Gasteiger partial charge in [-0.05, 0) is 112 Å². The van der Waals surface area contributed by atoms with Gasteiger partial charge in [-0.1, -0.05) is 6.92 Å². The Hall–Kier alpha value is -0.370. The first-order valence-electron chi connectivity index (χ1n) is 11.1. The van der Waals surface area contributed by atoms with Crippen LogP contribution < -0.4 is 0 Å². The Bertz CT molecular complexity index is 500. The summed E-state index contributed by atoms with van der Waals surface area (Å²) in [6.45, 7) is 5.21. The molecule has 0 heterocycles. The Morgan fingerprint density at radius 1 is 1.00 bits per heavy atom. The molecule has 4 aliphatic rings. The second-order valence-corrected chi connectivity index (χ2v) is 9.94. The van der Waals surface area contributed by atoms with Gasteiger partial charge in [0.15, 0.2) is 0 Å². The van der Waals surface area contributed by atoms with E-state index >= 15 is 0 Å². The predicted octanol–water partition coefficient (Wildman–Crippen LogP) is 5.50. The van der Waals surface area contributed by atoms with Crippen molar-refractivity contribution in [2.75, 3.05) is 13.7 Å². The number of methoxy groups -OCH3 is 1. The van der Waals surface area contributed by atoms with Gasteiger partial charge in [-0.3, -0.25) is 4.79 Å². The fourth-order valence-electron chi connectivity index (χ4n) is 8.44. The number of carbonyl (C=O) groups excluding carboxylic acids is 1. The zero-order chi connectivity index (χ0) is 17.6. The SMILES string of the molecule is CCC12CCC3C4CCC(COC)CC4CCC3C1CCC2C(C)=O. The van der Waals surface area contributed by atoms with Gasteiger partial charge in [-0.2, -0.15) is 0 Å². The molecule has 0 radical (unpaired) electrons. The van der Waals surface area contributed by atoms with Crippen molar-refractivity contribution in [2.24, 2.45) is 46.8 Å². The van der Waals surface area contributed by atoms with Gasteiger partial charge >= 0.3 is 0 Å². The second-order valence-electron chi connectivity index (χ2n) is 9.94. The largest absolute Gasteiger partial charge is 0.384 e. The van der Waals surface area contributed by atoms with Crippen LogP contribution in [-0.4, -0.2) is 19.5 Å². The van der Waals surface area contributed by atoms with Crippen molar-refractivity contribution in [3.05, 3.63) is 0 Å². The third kappa shape index (κ3) is 2.82. The van der Waals surface area contributed by atoms with E-state index in [0.29, 0.717) is 17.1 Å². The van der Waals surface area contributed by atoms with Crippen molar-refractivity contribution in [1.82, 2.24) is 0 Å². The molecule has 0 aromatic carbocycles. The number of carbonyl (C=O) groups is 1. The molecule has 8 atom stereocenters. The van der Waals surface area contributed by atoms with Gasteiger partial charge in [-0.15, -0.1) is 0 Å². The number of fused-ring (bicyclic) bond motifs is 5. The van der Waals surface area contributed by atoms with Crippen molar-refractivity contribution < 1.29 is 9.53 Å². The van der Waals surface area contributed by atoms with Crippen LogP contribution in [0.5, 0.6) is 0 Å². The molecule has 0 aromatic rings. The van der Waals surface area contributed by atoms with E-state index < -0.39 is 0 Å². The molecule has 0 N–H and O–H groups in total. The van der Waals surface area contributed by atoms with E-state index in [1.165, 1.54) is 64.2 Å². The molecule has 4 saturated carbocycles. The van der Waals surface area contributed by atoms with Crippen molar-refractivity contribution in [1.29, 1.82) is 0 Å². The fourth-order valence-corrected chi connectivity index (χ4v) is 8.44. The Balaban J connectivity index is 1.52. The highest BCUT2D eigenvalue weighted by Crippen LogP contribution is 2.65. The van der Waals surface area contributed by atoms with E-state index in [9.17, 15) is 4.79 Å². The van der Waals surface area contributed by atoms with Gasteiger partial charge in [0.2, 0.25) is 0 Å². The molecule has 8 unspecified atom stereocenters. The van der Waals surface area contributed by atoms with Crippen LogP contribution in [0, 0.1) is 46.8 Å². The second kappa shape index (κ2) is 6.98. The van der Waals surface area contributed by atoms with Crippen molar-refractivity contribution in [2.45, 2.75) is 78.1 Å². The van der Waals surface area contributed by atoms with Gasteiger partial charge in [0.25, 0.3) is 0 Å². The molecule has 0 amide bonds. The predicted molar refractivity (Wildman–Crippen MR) is 101 cm³/mol.